The highest BCUT2D eigenvalue weighted by Gasteiger charge is 2.52. The lowest BCUT2D eigenvalue weighted by Gasteiger charge is -2.25. The van der Waals surface area contributed by atoms with E-state index >= 15 is 0 Å². The molecule has 232 valence electrons. The third-order valence-electron chi connectivity index (χ3n) is 6.99. The van der Waals surface area contributed by atoms with Crippen LogP contribution >= 0.6 is 34.8 Å². The first kappa shape index (κ1) is 32.0. The van der Waals surface area contributed by atoms with Gasteiger partial charge in [-0.1, -0.05) is 46.9 Å². The van der Waals surface area contributed by atoms with Crippen LogP contribution in [0.25, 0.3) is 11.5 Å². The van der Waals surface area contributed by atoms with Gasteiger partial charge in [-0.25, -0.2) is 13.4 Å². The Kier molecular flexibility index (Phi) is 8.87. The van der Waals surface area contributed by atoms with Crippen LogP contribution in [-0.2, 0) is 20.0 Å². The largest absolute Gasteiger partial charge is 0.405 e. The maximum absolute atomic E-state index is 13.4. The second-order valence-electron chi connectivity index (χ2n) is 10.1. The standard InChI is InChI=1S/C28H23Cl3F3N5O4S/c1-2-44(41,42)23-8-7-19(13-35-23)39(15-28(32,33)34)14-22(40)36-18-11-20(30)24(21(31)12-18)27(9-10-27)26-37-25(43-38-26)16-3-5-17(29)6-4-16/h3-8,11-13H,2,9-10,14-15H2,1H3,(H,36,40). The van der Waals surface area contributed by atoms with Gasteiger partial charge in [0.25, 0.3) is 5.89 Å². The molecule has 5 rings (SSSR count). The van der Waals surface area contributed by atoms with Gasteiger partial charge in [0.05, 0.1) is 29.6 Å². The molecule has 1 aliphatic carbocycles. The smallest absolute Gasteiger partial charge is 0.352 e. The Morgan fingerprint density at radius 3 is 2.27 bits per heavy atom. The van der Waals surface area contributed by atoms with Gasteiger partial charge in [-0.05, 0) is 61.4 Å². The van der Waals surface area contributed by atoms with Crippen LogP contribution in [0.1, 0.15) is 31.2 Å². The Bertz CT molecular complexity index is 1770. The van der Waals surface area contributed by atoms with Gasteiger partial charge in [-0.3, -0.25) is 4.79 Å². The summed E-state index contributed by atoms with van der Waals surface area (Å²) < 4.78 is 69.6. The second kappa shape index (κ2) is 12.2. The van der Waals surface area contributed by atoms with Crippen molar-refractivity contribution in [3.05, 3.63) is 81.2 Å². The van der Waals surface area contributed by atoms with E-state index in [2.05, 4.69) is 20.4 Å². The minimum absolute atomic E-state index is 0.0901. The number of aromatic nitrogens is 3. The average Bonchev–Trinajstić information content (AvgIpc) is 3.58. The molecule has 1 amide bonds. The van der Waals surface area contributed by atoms with E-state index in [1.54, 1.807) is 24.3 Å². The molecule has 0 aliphatic heterocycles. The fraction of sp³-hybridized carbons (Fsp3) is 0.286. The number of carbonyl (C=O) groups excluding carboxylic acids is 1. The summed E-state index contributed by atoms with van der Waals surface area (Å²) in [7, 11) is -3.66. The maximum Gasteiger partial charge on any atom is 0.405 e. The molecule has 1 aliphatic rings. The molecule has 1 N–H and O–H groups in total. The van der Waals surface area contributed by atoms with Crippen LogP contribution in [0.4, 0.5) is 24.5 Å². The fourth-order valence-corrected chi connectivity index (χ4v) is 6.42. The first-order chi connectivity index (χ1) is 20.7. The van der Waals surface area contributed by atoms with E-state index in [0.29, 0.717) is 40.7 Å². The normalized spacial score (nSPS) is 14.3. The van der Waals surface area contributed by atoms with E-state index in [1.807, 2.05) is 0 Å². The summed E-state index contributed by atoms with van der Waals surface area (Å²) in [6.45, 7) is -0.781. The van der Waals surface area contributed by atoms with E-state index in [0.717, 1.165) is 17.2 Å². The van der Waals surface area contributed by atoms with E-state index in [4.69, 9.17) is 39.3 Å². The lowest BCUT2D eigenvalue weighted by molar-refractivity contribution is -0.122. The lowest BCUT2D eigenvalue weighted by atomic mass is 9.94. The Hall–Kier alpha value is -3.39. The molecule has 0 bridgehead atoms. The number of hydrogen-bond acceptors (Lipinski definition) is 8. The summed E-state index contributed by atoms with van der Waals surface area (Å²) in [4.78, 5) is 22.0. The number of carbonyl (C=O) groups is 1. The van der Waals surface area contributed by atoms with Crippen molar-refractivity contribution in [2.45, 2.75) is 36.4 Å². The van der Waals surface area contributed by atoms with Gasteiger partial charge >= 0.3 is 6.18 Å². The van der Waals surface area contributed by atoms with Gasteiger partial charge in [0.15, 0.2) is 20.7 Å². The van der Waals surface area contributed by atoms with Crippen molar-refractivity contribution in [1.82, 2.24) is 15.1 Å². The number of sulfone groups is 1. The minimum Gasteiger partial charge on any atom is -0.352 e. The Balaban J connectivity index is 1.34. The molecule has 2 aromatic carbocycles. The summed E-state index contributed by atoms with van der Waals surface area (Å²) in [5, 5.41) is 7.36. The molecule has 44 heavy (non-hydrogen) atoms. The number of nitrogens with zero attached hydrogens (tertiary/aromatic N) is 4. The zero-order valence-corrected chi connectivity index (χ0v) is 25.9. The molecule has 2 aromatic heterocycles. The van der Waals surface area contributed by atoms with Crippen LogP contribution in [0.15, 0.2) is 64.3 Å². The molecule has 16 heteroatoms. The van der Waals surface area contributed by atoms with Crippen LogP contribution in [-0.4, -0.2) is 54.5 Å². The summed E-state index contributed by atoms with van der Waals surface area (Å²) >= 11 is 19.2. The number of pyridine rings is 1. The van der Waals surface area contributed by atoms with Gasteiger partial charge in [0.1, 0.15) is 6.54 Å². The van der Waals surface area contributed by atoms with Gasteiger partial charge < -0.3 is 14.7 Å². The first-order valence-corrected chi connectivity index (χ1v) is 15.9. The van der Waals surface area contributed by atoms with E-state index in [9.17, 15) is 26.4 Å². The molecular formula is C28H23Cl3F3N5O4S. The van der Waals surface area contributed by atoms with Crippen LogP contribution in [0, 0.1) is 0 Å². The number of anilines is 2. The lowest BCUT2D eigenvalue weighted by Crippen LogP contribution is -2.40. The van der Waals surface area contributed by atoms with Crippen LogP contribution in [0.3, 0.4) is 0 Å². The number of nitrogens with one attached hydrogen (secondary N) is 1. The Morgan fingerprint density at radius 2 is 1.73 bits per heavy atom. The molecule has 1 fully saturated rings. The minimum atomic E-state index is -4.66. The number of amides is 1. The predicted octanol–water partition coefficient (Wildman–Crippen LogP) is 6.97. The van der Waals surface area contributed by atoms with Crippen molar-refractivity contribution >= 4 is 61.9 Å². The zero-order chi connectivity index (χ0) is 31.9. The van der Waals surface area contributed by atoms with Crippen molar-refractivity contribution in [1.29, 1.82) is 0 Å². The molecule has 0 unspecified atom stereocenters. The number of halogens is 6. The molecule has 4 aromatic rings. The monoisotopic (exact) mass is 687 g/mol. The quantitative estimate of drug-likeness (QED) is 0.190. The highest BCUT2D eigenvalue weighted by atomic mass is 35.5. The van der Waals surface area contributed by atoms with Gasteiger partial charge in [0.2, 0.25) is 5.91 Å². The third kappa shape index (κ3) is 6.96. The predicted molar refractivity (Wildman–Crippen MR) is 160 cm³/mol. The van der Waals surface area contributed by atoms with E-state index in [1.165, 1.54) is 25.1 Å². The average molecular weight is 689 g/mol. The number of benzene rings is 2. The van der Waals surface area contributed by atoms with Crippen LogP contribution in [0.5, 0.6) is 0 Å². The second-order valence-corrected chi connectivity index (χ2v) is 13.6. The SMILES string of the molecule is CCS(=O)(=O)c1ccc(N(CC(=O)Nc2cc(Cl)c(C3(c4noc(-c5ccc(Cl)cc5)n4)CC3)c(Cl)c2)CC(F)(F)F)cn1. The Morgan fingerprint density at radius 1 is 1.07 bits per heavy atom. The molecule has 1 saturated carbocycles. The summed E-state index contributed by atoms with van der Waals surface area (Å²) in [6.07, 6.45) is -2.41. The highest BCUT2D eigenvalue weighted by molar-refractivity contribution is 7.91. The van der Waals surface area contributed by atoms with Crippen molar-refractivity contribution in [3.63, 3.8) is 0 Å². The van der Waals surface area contributed by atoms with Crippen molar-refractivity contribution in [3.8, 4) is 11.5 Å². The van der Waals surface area contributed by atoms with Crippen molar-refractivity contribution in [2.24, 2.45) is 0 Å². The van der Waals surface area contributed by atoms with Crippen molar-refractivity contribution < 1.29 is 30.9 Å². The van der Waals surface area contributed by atoms with Gasteiger partial charge in [-0.15, -0.1) is 0 Å². The molecule has 9 nitrogen and oxygen atoms in total. The van der Waals surface area contributed by atoms with E-state index in [-0.39, 0.29) is 32.2 Å². The van der Waals surface area contributed by atoms with Crippen LogP contribution in [0.2, 0.25) is 15.1 Å². The first-order valence-electron chi connectivity index (χ1n) is 13.1. The number of hydrogen-bond donors (Lipinski definition) is 1. The van der Waals surface area contributed by atoms with Gasteiger partial charge in [0, 0.05) is 31.9 Å². The number of alkyl halides is 3. The van der Waals surface area contributed by atoms with Crippen molar-refractivity contribution in [2.75, 3.05) is 29.1 Å². The molecule has 2 heterocycles. The van der Waals surface area contributed by atoms with Crippen LogP contribution < -0.4 is 10.2 Å². The molecular weight excluding hydrogens is 666 g/mol. The summed E-state index contributed by atoms with van der Waals surface area (Å²) in [5.41, 5.74) is 0.575. The third-order valence-corrected chi connectivity index (χ3v) is 9.48. The molecule has 0 spiro atoms. The highest BCUT2D eigenvalue weighted by Crippen LogP contribution is 2.57. The fourth-order valence-electron chi connectivity index (χ4n) is 4.66. The topological polar surface area (TPSA) is 118 Å². The Labute approximate surface area is 265 Å². The molecule has 0 saturated heterocycles. The summed E-state index contributed by atoms with van der Waals surface area (Å²) in [6, 6.07) is 12.0. The molecule has 0 radical (unpaired) electrons. The van der Waals surface area contributed by atoms with E-state index < -0.39 is 40.4 Å². The summed E-state index contributed by atoms with van der Waals surface area (Å²) in [5.74, 6) is -0.346. The number of rotatable bonds is 10. The van der Waals surface area contributed by atoms with Gasteiger partial charge in [-0.2, -0.15) is 18.2 Å². The maximum atomic E-state index is 13.4. The molecule has 0 atom stereocenters. The zero-order valence-electron chi connectivity index (χ0n) is 22.8.